The van der Waals surface area contributed by atoms with Crippen LogP contribution in [0.3, 0.4) is 0 Å². The van der Waals surface area contributed by atoms with Crippen molar-refractivity contribution >= 4 is 5.97 Å². The Bertz CT molecular complexity index is 573. The van der Waals surface area contributed by atoms with E-state index in [0.29, 0.717) is 12.2 Å². The van der Waals surface area contributed by atoms with Gasteiger partial charge >= 0.3 is 5.97 Å². The van der Waals surface area contributed by atoms with E-state index in [9.17, 15) is 4.79 Å². The van der Waals surface area contributed by atoms with Gasteiger partial charge in [-0.25, -0.2) is 9.67 Å². The first kappa shape index (κ1) is 13.3. The lowest BCUT2D eigenvalue weighted by Gasteiger charge is -2.01. The highest BCUT2D eigenvalue weighted by Crippen LogP contribution is 2.18. The van der Waals surface area contributed by atoms with Crippen LogP contribution in [0, 0.1) is 0 Å². The minimum Gasteiger partial charge on any atom is -0.481 e. The molecule has 0 atom stereocenters. The van der Waals surface area contributed by atoms with Crippen molar-refractivity contribution in [2.24, 2.45) is 7.05 Å². The van der Waals surface area contributed by atoms with Gasteiger partial charge in [0.05, 0.1) is 6.42 Å². The van der Waals surface area contributed by atoms with Gasteiger partial charge in [0.25, 0.3) is 0 Å². The van der Waals surface area contributed by atoms with Crippen LogP contribution in [0.1, 0.15) is 24.7 Å². The Morgan fingerprint density at radius 1 is 1.32 bits per heavy atom. The Morgan fingerprint density at radius 3 is 2.58 bits per heavy atom. The van der Waals surface area contributed by atoms with Crippen LogP contribution in [0.4, 0.5) is 0 Å². The van der Waals surface area contributed by atoms with Gasteiger partial charge in [-0.1, -0.05) is 31.2 Å². The van der Waals surface area contributed by atoms with E-state index in [2.05, 4.69) is 29.1 Å². The van der Waals surface area contributed by atoms with E-state index < -0.39 is 5.97 Å². The summed E-state index contributed by atoms with van der Waals surface area (Å²) in [5.41, 5.74) is 2.27. The summed E-state index contributed by atoms with van der Waals surface area (Å²) < 4.78 is 1.69. The topological polar surface area (TPSA) is 68.0 Å². The van der Waals surface area contributed by atoms with Crippen LogP contribution in [0.25, 0.3) is 11.4 Å². The molecule has 1 heterocycles. The molecule has 0 aliphatic heterocycles. The predicted octanol–water partition coefficient (Wildman–Crippen LogP) is 2.06. The number of aliphatic carboxylic acids is 1. The zero-order chi connectivity index (χ0) is 13.8. The maximum absolute atomic E-state index is 10.5. The van der Waals surface area contributed by atoms with Crippen molar-refractivity contribution in [3.63, 3.8) is 0 Å². The fourth-order valence-electron chi connectivity index (χ4n) is 1.90. The molecule has 1 aromatic heterocycles. The van der Waals surface area contributed by atoms with Gasteiger partial charge in [-0.15, -0.1) is 0 Å². The molecule has 100 valence electrons. The van der Waals surface area contributed by atoms with E-state index in [4.69, 9.17) is 5.11 Å². The Labute approximate surface area is 111 Å². The fraction of sp³-hybridized carbons (Fsp3) is 0.357. The predicted molar refractivity (Wildman–Crippen MR) is 71.8 cm³/mol. The van der Waals surface area contributed by atoms with Crippen LogP contribution in [0.5, 0.6) is 0 Å². The molecule has 0 bridgehead atoms. The van der Waals surface area contributed by atoms with E-state index in [-0.39, 0.29) is 6.42 Å². The molecule has 0 amide bonds. The lowest BCUT2D eigenvalue weighted by atomic mass is 10.1. The van der Waals surface area contributed by atoms with Gasteiger partial charge in [0.15, 0.2) is 11.6 Å². The molecular formula is C14H17N3O2. The fourth-order valence-corrected chi connectivity index (χ4v) is 1.90. The normalized spacial score (nSPS) is 10.6. The second-order valence-corrected chi connectivity index (χ2v) is 4.42. The van der Waals surface area contributed by atoms with Crippen LogP contribution in [0.15, 0.2) is 24.3 Å². The molecule has 2 aromatic rings. The van der Waals surface area contributed by atoms with Gasteiger partial charge in [0.2, 0.25) is 0 Å². The minimum absolute atomic E-state index is 0.0538. The number of hydrogen-bond acceptors (Lipinski definition) is 3. The van der Waals surface area contributed by atoms with Crippen molar-refractivity contribution in [1.29, 1.82) is 0 Å². The highest BCUT2D eigenvalue weighted by molar-refractivity contribution is 5.67. The molecule has 5 heteroatoms. The molecule has 0 spiro atoms. The van der Waals surface area contributed by atoms with Crippen molar-refractivity contribution in [3.8, 4) is 11.4 Å². The Hall–Kier alpha value is -2.17. The number of carboxylic acids is 1. The van der Waals surface area contributed by atoms with Crippen LogP contribution >= 0.6 is 0 Å². The smallest absolute Gasteiger partial charge is 0.303 e. The average molecular weight is 259 g/mol. The molecule has 0 aliphatic carbocycles. The Morgan fingerprint density at radius 2 is 2.00 bits per heavy atom. The van der Waals surface area contributed by atoms with E-state index in [1.54, 1.807) is 4.68 Å². The van der Waals surface area contributed by atoms with Crippen LogP contribution in [-0.4, -0.2) is 25.8 Å². The van der Waals surface area contributed by atoms with E-state index in [1.165, 1.54) is 5.56 Å². The second-order valence-electron chi connectivity index (χ2n) is 4.42. The van der Waals surface area contributed by atoms with Crippen molar-refractivity contribution in [1.82, 2.24) is 14.8 Å². The molecule has 0 unspecified atom stereocenters. The van der Waals surface area contributed by atoms with Gasteiger partial charge in [-0.3, -0.25) is 4.79 Å². The average Bonchev–Trinajstić information content (AvgIpc) is 2.78. The summed E-state index contributed by atoms with van der Waals surface area (Å²) in [6, 6.07) is 8.18. The van der Waals surface area contributed by atoms with Crippen LogP contribution < -0.4 is 0 Å². The summed E-state index contributed by atoms with van der Waals surface area (Å²) in [5, 5.41) is 12.9. The number of aromatic nitrogens is 3. The lowest BCUT2D eigenvalue weighted by Crippen LogP contribution is -1.99. The summed E-state index contributed by atoms with van der Waals surface area (Å²) in [7, 11) is 1.82. The molecule has 0 aliphatic rings. The second kappa shape index (κ2) is 5.65. The number of carbonyl (C=O) groups is 1. The Kier molecular flexibility index (Phi) is 3.94. The molecule has 0 saturated heterocycles. The summed E-state index contributed by atoms with van der Waals surface area (Å²) in [5.74, 6) is 0.504. The van der Waals surface area contributed by atoms with Crippen LogP contribution in [-0.2, 0) is 24.7 Å². The SMILES string of the molecule is CCc1ccc(-c2nc(CCC(=O)O)nn2C)cc1. The van der Waals surface area contributed by atoms with E-state index >= 15 is 0 Å². The highest BCUT2D eigenvalue weighted by atomic mass is 16.4. The molecule has 0 radical (unpaired) electrons. The Balaban J connectivity index is 2.21. The van der Waals surface area contributed by atoms with Gasteiger partial charge < -0.3 is 5.11 Å². The maximum Gasteiger partial charge on any atom is 0.303 e. The molecule has 1 aromatic carbocycles. The zero-order valence-electron chi connectivity index (χ0n) is 11.1. The monoisotopic (exact) mass is 259 g/mol. The number of aryl methyl sites for hydroxylation is 3. The van der Waals surface area contributed by atoms with Gasteiger partial charge in [-0.05, 0) is 12.0 Å². The van der Waals surface area contributed by atoms with Crippen molar-refractivity contribution in [3.05, 3.63) is 35.7 Å². The number of rotatable bonds is 5. The third-order valence-electron chi connectivity index (χ3n) is 2.99. The first-order valence-electron chi connectivity index (χ1n) is 6.31. The molecular weight excluding hydrogens is 242 g/mol. The summed E-state index contributed by atoms with van der Waals surface area (Å²) in [6.07, 6.45) is 1.41. The number of carboxylic acid groups (broad SMARTS) is 1. The quantitative estimate of drug-likeness (QED) is 0.892. The standard InChI is InChI=1S/C14H17N3O2/c1-3-10-4-6-11(7-5-10)14-15-12(16-17(14)2)8-9-13(18)19/h4-7H,3,8-9H2,1-2H3,(H,18,19). The lowest BCUT2D eigenvalue weighted by molar-refractivity contribution is -0.137. The van der Waals surface area contributed by atoms with Crippen molar-refractivity contribution in [2.75, 3.05) is 0 Å². The third kappa shape index (κ3) is 3.19. The largest absolute Gasteiger partial charge is 0.481 e. The molecule has 0 saturated carbocycles. The number of nitrogens with zero attached hydrogens (tertiary/aromatic N) is 3. The molecule has 0 fully saturated rings. The van der Waals surface area contributed by atoms with E-state index in [1.807, 2.05) is 19.2 Å². The van der Waals surface area contributed by atoms with Gasteiger partial charge in [-0.2, -0.15) is 5.10 Å². The minimum atomic E-state index is -0.832. The maximum atomic E-state index is 10.5. The van der Waals surface area contributed by atoms with E-state index in [0.717, 1.165) is 17.8 Å². The summed E-state index contributed by atoms with van der Waals surface area (Å²) in [6.45, 7) is 2.11. The van der Waals surface area contributed by atoms with Crippen molar-refractivity contribution < 1.29 is 9.90 Å². The molecule has 5 nitrogen and oxygen atoms in total. The number of benzene rings is 1. The first-order valence-corrected chi connectivity index (χ1v) is 6.31. The molecule has 2 rings (SSSR count). The van der Waals surface area contributed by atoms with Gasteiger partial charge in [0.1, 0.15) is 0 Å². The van der Waals surface area contributed by atoms with Crippen LogP contribution in [0.2, 0.25) is 0 Å². The molecule has 19 heavy (non-hydrogen) atoms. The summed E-state index contributed by atoms with van der Waals surface area (Å²) >= 11 is 0. The van der Waals surface area contributed by atoms with Crippen molar-refractivity contribution in [2.45, 2.75) is 26.2 Å². The third-order valence-corrected chi connectivity index (χ3v) is 2.99. The first-order chi connectivity index (χ1) is 9.10. The zero-order valence-corrected chi connectivity index (χ0v) is 11.1. The van der Waals surface area contributed by atoms with Gasteiger partial charge in [0, 0.05) is 19.0 Å². The highest BCUT2D eigenvalue weighted by Gasteiger charge is 2.10. The molecule has 1 N–H and O–H groups in total. The summed E-state index contributed by atoms with van der Waals surface area (Å²) in [4.78, 5) is 14.9. The number of hydrogen-bond donors (Lipinski definition) is 1.